The fraction of sp³-hybridized carbons (Fsp3) is 0.500. The number of hydrogen-bond donors (Lipinski definition) is 1. The van der Waals surface area contributed by atoms with Gasteiger partial charge in [0.1, 0.15) is 5.76 Å². The van der Waals surface area contributed by atoms with Crippen LogP contribution in [0.2, 0.25) is 0 Å². The first-order chi connectivity index (χ1) is 4.88. The summed E-state index contributed by atoms with van der Waals surface area (Å²) in [5.74, 6) is 2.72. The molecule has 0 aliphatic carbocycles. The van der Waals surface area contributed by atoms with Gasteiger partial charge < -0.3 is 4.52 Å². The molecule has 2 rings (SSSR count). The first-order valence-electron chi connectivity index (χ1n) is 3.15. The highest BCUT2D eigenvalue weighted by Crippen LogP contribution is 2.20. The van der Waals surface area contributed by atoms with Gasteiger partial charge in [0.2, 0.25) is 0 Å². The van der Waals surface area contributed by atoms with Crippen LogP contribution < -0.4 is 5.56 Å². The molecule has 0 saturated carbocycles. The van der Waals surface area contributed by atoms with Gasteiger partial charge in [0.15, 0.2) is 0 Å². The molecule has 3 nitrogen and oxygen atoms in total. The zero-order valence-electron chi connectivity index (χ0n) is 5.35. The van der Waals surface area contributed by atoms with E-state index >= 15 is 0 Å². The molecule has 1 N–H and O–H groups in total. The number of hydrogen-bond acceptors (Lipinski definition) is 3. The van der Waals surface area contributed by atoms with Crippen LogP contribution in [0.4, 0.5) is 0 Å². The minimum Gasteiger partial charge on any atom is -0.383 e. The van der Waals surface area contributed by atoms with Crippen LogP contribution in [0.3, 0.4) is 0 Å². The molecule has 1 aliphatic heterocycles. The molecule has 2 heterocycles. The molecule has 0 saturated heterocycles. The summed E-state index contributed by atoms with van der Waals surface area (Å²) < 4.78 is 4.94. The molecule has 4 heteroatoms. The van der Waals surface area contributed by atoms with Crippen LogP contribution in [-0.4, -0.2) is 10.9 Å². The van der Waals surface area contributed by atoms with Crippen molar-refractivity contribution in [1.29, 1.82) is 0 Å². The quantitative estimate of drug-likeness (QED) is 0.604. The molecule has 0 amide bonds. The van der Waals surface area contributed by atoms with Crippen molar-refractivity contribution in [3.8, 4) is 0 Å². The van der Waals surface area contributed by atoms with Crippen molar-refractivity contribution in [1.82, 2.24) is 5.16 Å². The van der Waals surface area contributed by atoms with Gasteiger partial charge in [-0.15, -0.1) is 0 Å². The third kappa shape index (κ3) is 0.794. The number of aromatic amines is 1. The van der Waals surface area contributed by atoms with Gasteiger partial charge in [0.05, 0.1) is 5.56 Å². The average molecular weight is 157 g/mol. The third-order valence-corrected chi connectivity index (χ3v) is 2.58. The molecule has 1 aromatic heterocycles. The van der Waals surface area contributed by atoms with Gasteiger partial charge in [-0.2, -0.15) is 16.9 Å². The zero-order valence-corrected chi connectivity index (χ0v) is 6.16. The molecule has 1 aromatic rings. The highest BCUT2D eigenvalue weighted by atomic mass is 32.2. The Morgan fingerprint density at radius 1 is 1.60 bits per heavy atom. The number of rotatable bonds is 0. The summed E-state index contributed by atoms with van der Waals surface area (Å²) in [7, 11) is 0. The number of thioether (sulfide) groups is 1. The first-order valence-corrected chi connectivity index (χ1v) is 4.30. The van der Waals surface area contributed by atoms with E-state index in [1.165, 1.54) is 0 Å². The molecule has 0 fully saturated rings. The number of nitrogens with one attached hydrogen (secondary N) is 1. The Labute approximate surface area is 61.8 Å². The topological polar surface area (TPSA) is 46.0 Å². The van der Waals surface area contributed by atoms with Gasteiger partial charge >= 0.3 is 0 Å². The van der Waals surface area contributed by atoms with E-state index in [-0.39, 0.29) is 5.56 Å². The van der Waals surface area contributed by atoms with Crippen molar-refractivity contribution in [2.24, 2.45) is 0 Å². The average Bonchev–Trinajstić information content (AvgIpc) is 2.34. The molecular formula is C6H7NO2S. The maximum Gasteiger partial charge on any atom is 0.284 e. The minimum atomic E-state index is -0.0535. The van der Waals surface area contributed by atoms with Crippen molar-refractivity contribution in [3.05, 3.63) is 21.7 Å². The van der Waals surface area contributed by atoms with Crippen LogP contribution >= 0.6 is 11.8 Å². The summed E-state index contributed by atoms with van der Waals surface area (Å²) in [4.78, 5) is 10.9. The van der Waals surface area contributed by atoms with Crippen molar-refractivity contribution >= 4 is 11.8 Å². The Kier molecular flexibility index (Phi) is 1.34. The van der Waals surface area contributed by atoms with Gasteiger partial charge in [-0.1, -0.05) is 0 Å². The SMILES string of the molecule is O=c1[nH]oc2c1CSCC2. The Morgan fingerprint density at radius 2 is 2.50 bits per heavy atom. The lowest BCUT2D eigenvalue weighted by molar-refractivity contribution is 0.381. The Morgan fingerprint density at radius 3 is 3.30 bits per heavy atom. The van der Waals surface area contributed by atoms with Gasteiger partial charge in [-0.3, -0.25) is 4.79 Å². The van der Waals surface area contributed by atoms with Crippen LogP contribution in [0, 0.1) is 0 Å². The predicted molar refractivity (Wildman–Crippen MR) is 39.2 cm³/mol. The van der Waals surface area contributed by atoms with E-state index in [0.29, 0.717) is 0 Å². The van der Waals surface area contributed by atoms with E-state index < -0.39 is 0 Å². The largest absolute Gasteiger partial charge is 0.383 e. The lowest BCUT2D eigenvalue weighted by atomic mass is 10.2. The fourth-order valence-corrected chi connectivity index (χ4v) is 2.02. The smallest absolute Gasteiger partial charge is 0.284 e. The highest BCUT2D eigenvalue weighted by Gasteiger charge is 2.16. The third-order valence-electron chi connectivity index (χ3n) is 1.60. The molecule has 0 atom stereocenters. The van der Waals surface area contributed by atoms with E-state index in [9.17, 15) is 4.79 Å². The zero-order chi connectivity index (χ0) is 6.97. The maximum absolute atomic E-state index is 10.9. The standard InChI is InChI=1S/C6H7NO2S/c8-6-4-3-10-2-1-5(4)9-7-6/h1-3H2,(H,7,8). The summed E-state index contributed by atoms with van der Waals surface area (Å²) in [6.45, 7) is 0. The number of fused-ring (bicyclic) bond motifs is 1. The minimum absolute atomic E-state index is 0.0535. The van der Waals surface area contributed by atoms with Crippen LogP contribution in [0.1, 0.15) is 11.3 Å². The second kappa shape index (κ2) is 2.20. The predicted octanol–water partition coefficient (Wildman–Crippen LogP) is 0.757. The van der Waals surface area contributed by atoms with Crippen molar-refractivity contribution in [2.45, 2.75) is 12.2 Å². The lowest BCUT2D eigenvalue weighted by Crippen LogP contribution is -2.09. The molecule has 0 aromatic carbocycles. The number of aromatic nitrogens is 1. The van der Waals surface area contributed by atoms with Crippen LogP contribution in [-0.2, 0) is 12.2 Å². The monoisotopic (exact) mass is 157 g/mol. The summed E-state index contributed by atoms with van der Waals surface area (Å²) in [5, 5.41) is 2.34. The molecule has 1 aliphatic rings. The second-order valence-corrected chi connectivity index (χ2v) is 3.34. The van der Waals surface area contributed by atoms with Crippen LogP contribution in [0.15, 0.2) is 9.32 Å². The molecule has 0 spiro atoms. The van der Waals surface area contributed by atoms with Crippen molar-refractivity contribution in [3.63, 3.8) is 0 Å². The summed E-state index contributed by atoms with van der Waals surface area (Å²) >= 11 is 1.78. The first kappa shape index (κ1) is 6.09. The summed E-state index contributed by atoms with van der Waals surface area (Å²) in [5.41, 5.74) is 0.776. The molecule has 0 unspecified atom stereocenters. The molecule has 0 radical (unpaired) electrons. The van der Waals surface area contributed by atoms with E-state index in [4.69, 9.17) is 4.52 Å². The summed E-state index contributed by atoms with van der Waals surface area (Å²) in [6, 6.07) is 0. The van der Waals surface area contributed by atoms with E-state index in [0.717, 1.165) is 29.3 Å². The Bertz CT molecular complexity index is 288. The van der Waals surface area contributed by atoms with Crippen molar-refractivity contribution in [2.75, 3.05) is 5.75 Å². The van der Waals surface area contributed by atoms with Gasteiger partial charge in [-0.25, -0.2) is 0 Å². The van der Waals surface area contributed by atoms with Gasteiger partial charge in [-0.05, 0) is 0 Å². The maximum atomic E-state index is 10.9. The Balaban J connectivity index is 2.55. The van der Waals surface area contributed by atoms with Crippen LogP contribution in [0.5, 0.6) is 0 Å². The molecular weight excluding hydrogens is 150 g/mol. The summed E-state index contributed by atoms with van der Waals surface area (Å²) in [6.07, 6.45) is 0.888. The highest BCUT2D eigenvalue weighted by molar-refractivity contribution is 7.98. The van der Waals surface area contributed by atoms with E-state index in [1.54, 1.807) is 11.8 Å². The fourth-order valence-electron chi connectivity index (χ4n) is 1.04. The van der Waals surface area contributed by atoms with Crippen molar-refractivity contribution < 1.29 is 4.52 Å². The number of aryl methyl sites for hydroxylation is 1. The van der Waals surface area contributed by atoms with Gasteiger partial charge in [0.25, 0.3) is 5.56 Å². The van der Waals surface area contributed by atoms with E-state index in [1.807, 2.05) is 0 Å². The van der Waals surface area contributed by atoms with E-state index in [2.05, 4.69) is 5.16 Å². The number of H-pyrrole nitrogens is 1. The van der Waals surface area contributed by atoms with Gasteiger partial charge in [0, 0.05) is 17.9 Å². The van der Waals surface area contributed by atoms with Crippen LogP contribution in [0.25, 0.3) is 0 Å². The molecule has 10 heavy (non-hydrogen) atoms. The Hall–Kier alpha value is -0.640. The molecule has 0 bridgehead atoms. The molecule has 54 valence electrons. The lowest BCUT2D eigenvalue weighted by Gasteiger charge is -2.04. The second-order valence-electron chi connectivity index (χ2n) is 2.24. The normalized spacial score (nSPS) is 16.8.